The highest BCUT2D eigenvalue weighted by atomic mass is 16.5. The number of likely N-dealkylation sites (tertiary alicyclic amines) is 1. The van der Waals surface area contributed by atoms with E-state index in [0.717, 1.165) is 5.56 Å². The number of hydrogen-bond donors (Lipinski definition) is 1. The highest BCUT2D eigenvalue weighted by molar-refractivity contribution is 6.00. The summed E-state index contributed by atoms with van der Waals surface area (Å²) in [5.74, 6) is -2.32. The Morgan fingerprint density at radius 2 is 1.73 bits per heavy atom. The molecule has 33 heavy (non-hydrogen) atoms. The second-order valence-corrected chi connectivity index (χ2v) is 9.48. The van der Waals surface area contributed by atoms with Crippen LogP contribution >= 0.6 is 0 Å². The summed E-state index contributed by atoms with van der Waals surface area (Å²) in [5, 5.41) is 9.71. The minimum Gasteiger partial charge on any atom is -0.395 e. The Bertz CT molecular complexity index is 1040. The molecule has 1 unspecified atom stereocenters. The van der Waals surface area contributed by atoms with E-state index in [1.807, 2.05) is 61.6 Å². The van der Waals surface area contributed by atoms with E-state index in [9.17, 15) is 19.5 Å². The fourth-order valence-corrected chi connectivity index (χ4v) is 5.98. The summed E-state index contributed by atoms with van der Waals surface area (Å²) in [6.45, 7) is 2.75. The second-order valence-electron chi connectivity index (χ2n) is 9.48. The fraction of sp³-hybridized carbons (Fsp3) is 0.480. The van der Waals surface area contributed by atoms with E-state index in [1.165, 1.54) is 4.90 Å². The van der Waals surface area contributed by atoms with Crippen LogP contribution in [0.3, 0.4) is 0 Å². The quantitative estimate of drug-likeness (QED) is 0.677. The lowest BCUT2D eigenvalue weighted by Gasteiger charge is -2.37. The third kappa shape index (κ3) is 3.15. The molecule has 3 amide bonds. The number of carbonyl (C=O) groups is 3. The van der Waals surface area contributed by atoms with E-state index in [2.05, 4.69) is 0 Å². The van der Waals surface area contributed by atoms with Crippen LogP contribution in [0.25, 0.3) is 0 Å². The lowest BCUT2D eigenvalue weighted by Crippen LogP contribution is -2.56. The number of likely N-dealkylation sites (N-methyl/N-ethyl adjacent to an activating group) is 1. The van der Waals surface area contributed by atoms with E-state index >= 15 is 0 Å². The molecular weight excluding hydrogens is 422 g/mol. The molecule has 5 rings (SSSR count). The van der Waals surface area contributed by atoms with Gasteiger partial charge in [-0.1, -0.05) is 54.6 Å². The van der Waals surface area contributed by atoms with Gasteiger partial charge in [0.25, 0.3) is 0 Å². The van der Waals surface area contributed by atoms with Crippen LogP contribution in [0.5, 0.6) is 0 Å². The number of amides is 3. The summed E-state index contributed by atoms with van der Waals surface area (Å²) in [6, 6.07) is 8.73. The van der Waals surface area contributed by atoms with Gasteiger partial charge in [0, 0.05) is 33.2 Å². The molecule has 0 aromatic heterocycles. The van der Waals surface area contributed by atoms with Crippen molar-refractivity contribution in [2.24, 2.45) is 11.8 Å². The van der Waals surface area contributed by atoms with Crippen molar-refractivity contribution in [3.63, 3.8) is 0 Å². The maximum absolute atomic E-state index is 13.9. The van der Waals surface area contributed by atoms with Gasteiger partial charge in [0.1, 0.15) is 11.6 Å². The fourth-order valence-electron chi connectivity index (χ4n) is 5.98. The minimum atomic E-state index is -1.27. The van der Waals surface area contributed by atoms with Gasteiger partial charge in [0.2, 0.25) is 17.7 Å². The smallest absolute Gasteiger partial charge is 0.249 e. The molecule has 1 N–H and O–H groups in total. The predicted molar refractivity (Wildman–Crippen MR) is 120 cm³/mol. The number of hydrogen-bond acceptors (Lipinski definition) is 5. The molecule has 0 saturated carbocycles. The van der Waals surface area contributed by atoms with Crippen molar-refractivity contribution >= 4 is 17.7 Å². The molecule has 8 heteroatoms. The summed E-state index contributed by atoms with van der Waals surface area (Å²) < 4.78 is 6.65. The Labute approximate surface area is 193 Å². The van der Waals surface area contributed by atoms with Crippen molar-refractivity contribution in [3.05, 3.63) is 60.2 Å². The number of aliphatic hydroxyl groups excluding tert-OH is 1. The first-order valence-corrected chi connectivity index (χ1v) is 11.4. The Morgan fingerprint density at radius 3 is 2.45 bits per heavy atom. The maximum atomic E-state index is 13.9. The number of fused-ring (bicyclic) bond motifs is 2. The lowest BCUT2D eigenvalue weighted by atomic mass is 9.74. The number of benzene rings is 1. The van der Waals surface area contributed by atoms with Crippen LogP contribution in [0.2, 0.25) is 0 Å². The normalized spacial score (nSPS) is 35.4. The lowest BCUT2D eigenvalue weighted by molar-refractivity contribution is -0.153. The average Bonchev–Trinajstić information content (AvgIpc) is 3.07. The molecule has 8 nitrogen and oxygen atoms in total. The summed E-state index contributed by atoms with van der Waals surface area (Å²) in [6.07, 6.45) is 7.43. The first-order chi connectivity index (χ1) is 15.8. The van der Waals surface area contributed by atoms with Crippen LogP contribution in [-0.2, 0) is 25.7 Å². The third-order valence-corrected chi connectivity index (χ3v) is 7.40. The highest BCUT2D eigenvalue weighted by Gasteiger charge is 2.74. The molecule has 1 spiro atoms. The van der Waals surface area contributed by atoms with Gasteiger partial charge in [-0.25, -0.2) is 0 Å². The van der Waals surface area contributed by atoms with Gasteiger partial charge in [0.15, 0.2) is 0 Å². The molecule has 0 aliphatic carbocycles. The van der Waals surface area contributed by atoms with E-state index in [-0.39, 0.29) is 30.9 Å². The maximum Gasteiger partial charge on any atom is 0.249 e. The highest BCUT2D eigenvalue weighted by Crippen LogP contribution is 2.57. The average molecular weight is 452 g/mol. The molecule has 5 atom stereocenters. The first-order valence-electron chi connectivity index (χ1n) is 11.4. The number of ether oxygens (including phenoxy) is 1. The zero-order valence-corrected chi connectivity index (χ0v) is 18.9. The first kappa shape index (κ1) is 21.9. The molecule has 1 aromatic carbocycles. The molecule has 4 heterocycles. The van der Waals surface area contributed by atoms with Crippen molar-refractivity contribution < 1.29 is 24.2 Å². The molecule has 4 aliphatic heterocycles. The van der Waals surface area contributed by atoms with Gasteiger partial charge < -0.3 is 24.5 Å². The van der Waals surface area contributed by atoms with Gasteiger partial charge in [-0.2, -0.15) is 0 Å². The van der Waals surface area contributed by atoms with Gasteiger partial charge in [-0.05, 0) is 12.5 Å². The van der Waals surface area contributed by atoms with Crippen LogP contribution in [-0.4, -0.2) is 88.1 Å². The Balaban J connectivity index is 1.60. The van der Waals surface area contributed by atoms with Gasteiger partial charge in [-0.15, -0.1) is 0 Å². The number of aliphatic hydroxyl groups is 1. The molecule has 0 radical (unpaired) electrons. The van der Waals surface area contributed by atoms with Crippen LogP contribution in [0.15, 0.2) is 54.6 Å². The number of β-amino-alcohol motifs (C(OH)–C–C–N with tert-alkyl or cyclic N) is 1. The zero-order valence-electron chi connectivity index (χ0n) is 18.9. The van der Waals surface area contributed by atoms with Crippen LogP contribution in [0.1, 0.15) is 12.5 Å². The van der Waals surface area contributed by atoms with E-state index in [0.29, 0.717) is 19.6 Å². The van der Waals surface area contributed by atoms with Crippen molar-refractivity contribution in [1.82, 2.24) is 14.7 Å². The predicted octanol–water partition coefficient (Wildman–Crippen LogP) is 0.576. The van der Waals surface area contributed by atoms with E-state index < -0.39 is 29.1 Å². The van der Waals surface area contributed by atoms with E-state index in [4.69, 9.17) is 4.74 Å². The molecule has 4 aliphatic rings. The molecule has 2 saturated heterocycles. The number of nitrogens with zero attached hydrogens (tertiary/aromatic N) is 3. The van der Waals surface area contributed by atoms with E-state index in [1.54, 1.807) is 16.8 Å². The monoisotopic (exact) mass is 451 g/mol. The molecule has 2 fully saturated rings. The largest absolute Gasteiger partial charge is 0.395 e. The molecule has 0 bridgehead atoms. The Hall–Kier alpha value is -2.97. The summed E-state index contributed by atoms with van der Waals surface area (Å²) in [7, 11) is 1.71. The van der Waals surface area contributed by atoms with Crippen molar-refractivity contribution in [3.8, 4) is 0 Å². The van der Waals surface area contributed by atoms with Crippen molar-refractivity contribution in [2.45, 2.75) is 30.7 Å². The number of rotatable bonds is 4. The SMILES string of the molecule is CN1CC=C[C@]2(C)O[C@]34C=CCN(Cc5ccccc5)C(=O)C3N(CCO)C(=O)[C@@H]4[C@@H]2C1=O. The van der Waals surface area contributed by atoms with Crippen LogP contribution < -0.4 is 0 Å². The summed E-state index contributed by atoms with van der Waals surface area (Å²) in [4.78, 5) is 45.8. The van der Waals surface area contributed by atoms with Crippen LogP contribution in [0.4, 0.5) is 0 Å². The number of carbonyl (C=O) groups excluding carboxylic acids is 3. The van der Waals surface area contributed by atoms with Crippen molar-refractivity contribution in [1.29, 1.82) is 0 Å². The van der Waals surface area contributed by atoms with Gasteiger partial charge >= 0.3 is 0 Å². The molecule has 1 aromatic rings. The zero-order chi connectivity index (χ0) is 23.4. The standard InChI is InChI=1S/C25H29N3O5/c1-24-10-6-12-26(2)21(30)18(24)19-22(31)28(14-15-29)20-23(32)27(13-7-11-25(19,20)33-24)16-17-8-4-3-5-9-17/h3-11,18-20,29H,12-16H2,1-2H3/t18-,19+,20?,24+,25+/m1/s1. The topological polar surface area (TPSA) is 90.4 Å². The minimum absolute atomic E-state index is 0.00711. The third-order valence-electron chi connectivity index (χ3n) is 7.40. The summed E-state index contributed by atoms with van der Waals surface area (Å²) >= 11 is 0. The molecule has 174 valence electrons. The Morgan fingerprint density at radius 1 is 1.00 bits per heavy atom. The van der Waals surface area contributed by atoms with Gasteiger partial charge in [0.05, 0.1) is 24.0 Å². The summed E-state index contributed by atoms with van der Waals surface area (Å²) in [5.41, 5.74) is -1.30. The molecular formula is C25H29N3O5. The van der Waals surface area contributed by atoms with Crippen LogP contribution in [0, 0.1) is 11.8 Å². The second kappa shape index (κ2) is 7.81. The van der Waals surface area contributed by atoms with Gasteiger partial charge in [-0.3, -0.25) is 14.4 Å². The Kier molecular flexibility index (Phi) is 5.17. The van der Waals surface area contributed by atoms with Crippen molar-refractivity contribution in [2.75, 3.05) is 33.3 Å².